The van der Waals surface area contributed by atoms with Crippen molar-refractivity contribution in [2.45, 2.75) is 26.8 Å². The van der Waals surface area contributed by atoms with Gasteiger partial charge < -0.3 is 15.2 Å². The first-order chi connectivity index (χ1) is 9.42. The molecule has 4 N–H and O–H groups in total. The Morgan fingerprint density at radius 2 is 1.80 bits per heavy atom. The monoisotopic (exact) mass is 288 g/mol. The second-order valence-electron chi connectivity index (χ2n) is 3.60. The van der Waals surface area contributed by atoms with Crippen LogP contribution in [0.2, 0.25) is 0 Å². The number of urea groups is 1. The van der Waals surface area contributed by atoms with Crippen molar-refractivity contribution in [3.05, 3.63) is 0 Å². The van der Waals surface area contributed by atoms with Crippen LogP contribution in [0.25, 0.3) is 0 Å². The highest BCUT2D eigenvalue weighted by molar-refractivity contribution is 6.05. The summed E-state index contributed by atoms with van der Waals surface area (Å²) >= 11 is 0. The van der Waals surface area contributed by atoms with Crippen LogP contribution in [0.5, 0.6) is 0 Å². The molecule has 0 fully saturated rings. The van der Waals surface area contributed by atoms with Crippen molar-refractivity contribution < 1.29 is 23.9 Å². The van der Waals surface area contributed by atoms with Crippen LogP contribution in [0.15, 0.2) is 5.10 Å². The first kappa shape index (κ1) is 17.8. The lowest BCUT2D eigenvalue weighted by Crippen LogP contribution is -2.46. The van der Waals surface area contributed by atoms with E-state index >= 15 is 0 Å². The van der Waals surface area contributed by atoms with E-state index in [1.54, 1.807) is 13.8 Å². The van der Waals surface area contributed by atoms with Crippen LogP contribution in [0.3, 0.4) is 0 Å². The Balaban J connectivity index is 4.71. The van der Waals surface area contributed by atoms with Crippen LogP contribution >= 0.6 is 0 Å². The Morgan fingerprint density at radius 1 is 1.20 bits per heavy atom. The predicted octanol–water partition coefficient (Wildman–Crippen LogP) is -0.885. The Hall–Kier alpha value is -2.16. The summed E-state index contributed by atoms with van der Waals surface area (Å²) in [4.78, 5) is 33.6. The van der Waals surface area contributed by atoms with Gasteiger partial charge >= 0.3 is 18.0 Å². The smallest absolute Gasteiger partial charge is 0.332 e. The van der Waals surface area contributed by atoms with Crippen LogP contribution < -0.4 is 16.5 Å². The first-order valence-corrected chi connectivity index (χ1v) is 6.07. The molecular formula is C11H20N4O5. The molecule has 0 aliphatic carbocycles. The number of esters is 2. The highest BCUT2D eigenvalue weighted by atomic mass is 16.5. The molecule has 1 unspecified atom stereocenters. The summed E-state index contributed by atoms with van der Waals surface area (Å²) in [5, 5.41) is 6.27. The number of hydrazone groups is 1. The van der Waals surface area contributed by atoms with E-state index in [-0.39, 0.29) is 25.5 Å². The average Bonchev–Trinajstić information content (AvgIpc) is 2.37. The van der Waals surface area contributed by atoms with Gasteiger partial charge in [-0.25, -0.2) is 15.0 Å². The molecule has 0 rings (SSSR count). The van der Waals surface area contributed by atoms with E-state index in [4.69, 9.17) is 15.2 Å². The van der Waals surface area contributed by atoms with E-state index in [1.807, 2.05) is 5.43 Å². The number of nitrogens with one attached hydrogen (secondary N) is 2. The molecule has 20 heavy (non-hydrogen) atoms. The fourth-order valence-corrected chi connectivity index (χ4v) is 1.23. The number of nitrogens with two attached hydrogens (primary N) is 1. The highest BCUT2D eigenvalue weighted by Gasteiger charge is 2.24. The molecule has 0 aliphatic heterocycles. The Bertz CT molecular complexity index is 383. The van der Waals surface area contributed by atoms with Gasteiger partial charge in [-0.05, 0) is 20.8 Å². The molecule has 1 atom stereocenters. The van der Waals surface area contributed by atoms with E-state index in [9.17, 15) is 14.4 Å². The zero-order valence-corrected chi connectivity index (χ0v) is 11.8. The largest absolute Gasteiger partial charge is 0.465 e. The molecule has 0 radical (unpaired) electrons. The Kier molecular flexibility index (Phi) is 8.68. The van der Waals surface area contributed by atoms with E-state index in [0.717, 1.165) is 0 Å². The topological polar surface area (TPSA) is 132 Å². The van der Waals surface area contributed by atoms with Crippen LogP contribution in [-0.4, -0.2) is 49.5 Å². The second kappa shape index (κ2) is 9.73. The summed E-state index contributed by atoms with van der Waals surface area (Å²) in [6.07, 6.45) is 0. The quantitative estimate of drug-likeness (QED) is 0.302. The first-order valence-electron chi connectivity index (χ1n) is 6.07. The molecule has 2 amide bonds. The zero-order valence-electron chi connectivity index (χ0n) is 11.8. The number of carbonyl (C=O) groups is 3. The van der Waals surface area contributed by atoms with Crippen LogP contribution in [-0.2, 0) is 19.1 Å². The van der Waals surface area contributed by atoms with E-state index in [1.165, 1.54) is 6.92 Å². The van der Waals surface area contributed by atoms with Crippen LogP contribution in [0.4, 0.5) is 4.79 Å². The minimum Gasteiger partial charge on any atom is -0.465 e. The van der Waals surface area contributed by atoms with Gasteiger partial charge in [-0.2, -0.15) is 5.10 Å². The lowest BCUT2D eigenvalue weighted by atomic mass is 10.2. The maximum Gasteiger partial charge on any atom is 0.332 e. The van der Waals surface area contributed by atoms with E-state index in [0.29, 0.717) is 0 Å². The fraction of sp³-hybridized carbons (Fsp3) is 0.636. The standard InChI is InChI=1S/C11H20N4O5/c1-4-19-8(16)6-13-9(10(17)20-5-2)7(3)14-15-11(12)18/h9,13H,4-6H2,1-3H3,(H3,12,15,18)/b14-7+. The summed E-state index contributed by atoms with van der Waals surface area (Å²) < 4.78 is 9.57. The summed E-state index contributed by atoms with van der Waals surface area (Å²) in [6.45, 7) is 5.02. The summed E-state index contributed by atoms with van der Waals surface area (Å²) in [7, 11) is 0. The molecule has 0 spiro atoms. The van der Waals surface area contributed by atoms with Gasteiger partial charge in [-0.15, -0.1) is 0 Å². The van der Waals surface area contributed by atoms with Gasteiger partial charge in [0.05, 0.1) is 25.5 Å². The van der Waals surface area contributed by atoms with Crippen molar-refractivity contribution in [2.24, 2.45) is 10.8 Å². The molecule has 9 heteroatoms. The van der Waals surface area contributed by atoms with Crippen molar-refractivity contribution >= 4 is 23.7 Å². The van der Waals surface area contributed by atoms with Gasteiger partial charge in [0.15, 0.2) is 0 Å². The molecule has 0 bridgehead atoms. The molecule has 9 nitrogen and oxygen atoms in total. The number of primary amides is 1. The SMILES string of the molecule is CCOC(=O)CNC(C(=O)OCC)/C(C)=N/NC(N)=O. The maximum absolute atomic E-state index is 11.7. The molecule has 0 saturated heterocycles. The Labute approximate surface area is 116 Å². The summed E-state index contributed by atoms with van der Waals surface area (Å²) in [5.74, 6) is -1.14. The highest BCUT2D eigenvalue weighted by Crippen LogP contribution is 1.94. The summed E-state index contributed by atoms with van der Waals surface area (Å²) in [5.41, 5.74) is 7.07. The molecule has 0 heterocycles. The number of rotatable bonds is 8. The van der Waals surface area contributed by atoms with Crippen molar-refractivity contribution in [3.8, 4) is 0 Å². The van der Waals surface area contributed by atoms with Gasteiger partial charge in [-0.1, -0.05) is 0 Å². The van der Waals surface area contributed by atoms with E-state index in [2.05, 4.69) is 10.4 Å². The number of nitrogens with zero attached hydrogens (tertiary/aromatic N) is 1. The third kappa shape index (κ3) is 7.31. The van der Waals surface area contributed by atoms with Gasteiger partial charge in [-0.3, -0.25) is 10.1 Å². The minimum absolute atomic E-state index is 0.174. The van der Waals surface area contributed by atoms with Crippen molar-refractivity contribution in [3.63, 3.8) is 0 Å². The summed E-state index contributed by atoms with van der Waals surface area (Å²) in [6, 6.07) is -1.84. The molecule has 0 saturated carbocycles. The van der Waals surface area contributed by atoms with Gasteiger partial charge in [0.25, 0.3) is 0 Å². The normalized spacial score (nSPS) is 12.4. The van der Waals surface area contributed by atoms with E-state index < -0.39 is 24.0 Å². The predicted molar refractivity (Wildman–Crippen MR) is 70.9 cm³/mol. The number of amides is 2. The van der Waals surface area contributed by atoms with Crippen molar-refractivity contribution in [2.75, 3.05) is 19.8 Å². The van der Waals surface area contributed by atoms with Gasteiger partial charge in [0.1, 0.15) is 6.04 Å². The number of hydrogen-bond donors (Lipinski definition) is 3. The van der Waals surface area contributed by atoms with Crippen LogP contribution in [0, 0.1) is 0 Å². The molecule has 0 aliphatic rings. The molecule has 0 aromatic rings. The van der Waals surface area contributed by atoms with Crippen LogP contribution in [0.1, 0.15) is 20.8 Å². The molecule has 114 valence electrons. The van der Waals surface area contributed by atoms with Crippen molar-refractivity contribution in [1.82, 2.24) is 10.7 Å². The lowest BCUT2D eigenvalue weighted by Gasteiger charge is -2.16. The second-order valence-corrected chi connectivity index (χ2v) is 3.60. The number of hydrogen-bond acceptors (Lipinski definition) is 7. The average molecular weight is 288 g/mol. The number of carbonyl (C=O) groups excluding carboxylic acids is 3. The lowest BCUT2D eigenvalue weighted by molar-refractivity contribution is -0.144. The third-order valence-electron chi connectivity index (χ3n) is 2.04. The maximum atomic E-state index is 11.7. The van der Waals surface area contributed by atoms with Gasteiger partial charge in [0, 0.05) is 0 Å². The molecule has 0 aromatic heterocycles. The Morgan fingerprint density at radius 3 is 2.30 bits per heavy atom. The zero-order chi connectivity index (χ0) is 15.5. The van der Waals surface area contributed by atoms with Gasteiger partial charge in [0.2, 0.25) is 0 Å². The molecular weight excluding hydrogens is 268 g/mol. The molecule has 0 aromatic carbocycles. The third-order valence-corrected chi connectivity index (χ3v) is 2.04. The minimum atomic E-state index is -0.980. The number of ether oxygens (including phenoxy) is 2. The fourth-order valence-electron chi connectivity index (χ4n) is 1.23. The van der Waals surface area contributed by atoms with Crippen molar-refractivity contribution in [1.29, 1.82) is 0 Å².